The van der Waals surface area contributed by atoms with Crippen LogP contribution >= 0.6 is 0 Å². The number of nitrogens with zero attached hydrogens (tertiary/aromatic N) is 1. The predicted octanol–water partition coefficient (Wildman–Crippen LogP) is 8.21. The molecule has 7 aromatic rings. The third kappa shape index (κ3) is 2.51. The van der Waals surface area contributed by atoms with Crippen LogP contribution in [0.1, 0.15) is 0 Å². The number of fused-ring (bicyclic) bond motifs is 7. The SMILES string of the molecule is c1ccc(-c2cc(-c3ccc4c(c3)oc3c4ccc4oc5ccccc5c43)ccn2)cc1. The maximum Gasteiger partial charge on any atom is 0.147 e. The molecule has 0 N–H and O–H groups in total. The fraction of sp³-hybridized carbons (Fsp3) is 0. The molecule has 0 aliphatic rings. The number of furan rings is 2. The number of para-hydroxylation sites is 1. The third-order valence-corrected chi connectivity index (χ3v) is 6.14. The Kier molecular flexibility index (Phi) is 3.55. The molecule has 3 nitrogen and oxygen atoms in total. The lowest BCUT2D eigenvalue weighted by atomic mass is 10.0. The molecule has 0 amide bonds. The van der Waals surface area contributed by atoms with Crippen LogP contribution in [0.25, 0.3) is 66.3 Å². The normalized spacial score (nSPS) is 11.8. The molecule has 0 bridgehead atoms. The summed E-state index contributed by atoms with van der Waals surface area (Å²) in [5, 5.41) is 4.32. The molecular weight excluding hydrogens is 394 g/mol. The van der Waals surface area contributed by atoms with Gasteiger partial charge in [-0.2, -0.15) is 0 Å². The Morgan fingerprint density at radius 1 is 0.500 bits per heavy atom. The van der Waals surface area contributed by atoms with E-state index in [-0.39, 0.29) is 0 Å². The van der Waals surface area contributed by atoms with Crippen LogP contribution in [0.5, 0.6) is 0 Å². The van der Waals surface area contributed by atoms with Gasteiger partial charge in [-0.1, -0.05) is 54.6 Å². The van der Waals surface area contributed by atoms with Crippen LogP contribution in [0.15, 0.2) is 112 Å². The molecule has 0 saturated heterocycles. The fourth-order valence-corrected chi connectivity index (χ4v) is 4.60. The number of hydrogen-bond donors (Lipinski definition) is 0. The summed E-state index contributed by atoms with van der Waals surface area (Å²) in [5.41, 5.74) is 7.74. The van der Waals surface area contributed by atoms with Gasteiger partial charge in [0.1, 0.15) is 22.3 Å². The zero-order valence-corrected chi connectivity index (χ0v) is 17.1. The molecule has 32 heavy (non-hydrogen) atoms. The monoisotopic (exact) mass is 411 g/mol. The topological polar surface area (TPSA) is 39.2 Å². The zero-order valence-electron chi connectivity index (χ0n) is 17.1. The molecule has 0 aliphatic carbocycles. The molecule has 0 unspecified atom stereocenters. The molecule has 0 spiro atoms. The van der Waals surface area contributed by atoms with Crippen molar-refractivity contribution in [3.63, 3.8) is 0 Å². The van der Waals surface area contributed by atoms with Crippen molar-refractivity contribution in [1.29, 1.82) is 0 Å². The summed E-state index contributed by atoms with van der Waals surface area (Å²) in [5.74, 6) is 0. The molecule has 7 rings (SSSR count). The second kappa shape index (κ2) is 6.56. The highest BCUT2D eigenvalue weighted by molar-refractivity contribution is 6.22. The van der Waals surface area contributed by atoms with E-state index in [0.717, 1.165) is 66.3 Å². The van der Waals surface area contributed by atoms with Gasteiger partial charge in [0.15, 0.2) is 0 Å². The van der Waals surface area contributed by atoms with Crippen molar-refractivity contribution >= 4 is 43.9 Å². The summed E-state index contributed by atoms with van der Waals surface area (Å²) in [4.78, 5) is 4.56. The van der Waals surface area contributed by atoms with E-state index in [2.05, 4.69) is 53.5 Å². The van der Waals surface area contributed by atoms with Gasteiger partial charge in [-0.25, -0.2) is 0 Å². The molecule has 0 radical (unpaired) electrons. The smallest absolute Gasteiger partial charge is 0.147 e. The Balaban J connectivity index is 1.43. The van der Waals surface area contributed by atoms with E-state index >= 15 is 0 Å². The van der Waals surface area contributed by atoms with Crippen molar-refractivity contribution < 1.29 is 8.83 Å². The largest absolute Gasteiger partial charge is 0.456 e. The standard InChI is InChI=1S/C29H17NO2/c1-2-6-18(7-3-1)24-16-20(14-15-30-24)19-10-11-21-22-12-13-26-28(29(22)32-27(21)17-19)23-8-4-5-9-25(23)31-26/h1-17H. The summed E-state index contributed by atoms with van der Waals surface area (Å²) in [6.45, 7) is 0. The van der Waals surface area contributed by atoms with E-state index < -0.39 is 0 Å². The molecule has 3 heterocycles. The number of hydrogen-bond acceptors (Lipinski definition) is 3. The van der Waals surface area contributed by atoms with Crippen molar-refractivity contribution in [3.8, 4) is 22.4 Å². The van der Waals surface area contributed by atoms with Gasteiger partial charge >= 0.3 is 0 Å². The van der Waals surface area contributed by atoms with Gasteiger partial charge in [0.25, 0.3) is 0 Å². The number of pyridine rings is 1. The summed E-state index contributed by atoms with van der Waals surface area (Å²) < 4.78 is 12.5. The predicted molar refractivity (Wildman–Crippen MR) is 130 cm³/mol. The number of rotatable bonds is 2. The fourth-order valence-electron chi connectivity index (χ4n) is 4.60. The van der Waals surface area contributed by atoms with Crippen LogP contribution in [0, 0.1) is 0 Å². The minimum atomic E-state index is 0.847. The van der Waals surface area contributed by atoms with Crippen molar-refractivity contribution in [1.82, 2.24) is 4.98 Å². The third-order valence-electron chi connectivity index (χ3n) is 6.14. The highest BCUT2D eigenvalue weighted by Gasteiger charge is 2.16. The van der Waals surface area contributed by atoms with E-state index in [9.17, 15) is 0 Å². The van der Waals surface area contributed by atoms with E-state index in [1.165, 1.54) is 0 Å². The van der Waals surface area contributed by atoms with Gasteiger partial charge in [-0.15, -0.1) is 0 Å². The molecule has 0 saturated carbocycles. The van der Waals surface area contributed by atoms with E-state index in [0.29, 0.717) is 0 Å². The average molecular weight is 411 g/mol. The number of benzene rings is 4. The van der Waals surface area contributed by atoms with Crippen LogP contribution < -0.4 is 0 Å². The minimum absolute atomic E-state index is 0.847. The summed E-state index contributed by atoms with van der Waals surface area (Å²) >= 11 is 0. The van der Waals surface area contributed by atoms with Crippen LogP contribution in [0.2, 0.25) is 0 Å². The van der Waals surface area contributed by atoms with E-state index in [1.807, 2.05) is 54.7 Å². The second-order valence-electron chi connectivity index (χ2n) is 8.02. The van der Waals surface area contributed by atoms with Crippen LogP contribution in [-0.2, 0) is 0 Å². The Labute approximate surface area is 183 Å². The van der Waals surface area contributed by atoms with Gasteiger partial charge < -0.3 is 8.83 Å². The van der Waals surface area contributed by atoms with Crippen molar-refractivity contribution in [2.45, 2.75) is 0 Å². The maximum absolute atomic E-state index is 6.43. The molecule has 150 valence electrons. The Bertz CT molecular complexity index is 1770. The summed E-state index contributed by atoms with van der Waals surface area (Å²) in [7, 11) is 0. The first-order chi connectivity index (χ1) is 15.8. The van der Waals surface area contributed by atoms with Crippen LogP contribution in [0.4, 0.5) is 0 Å². The maximum atomic E-state index is 6.43. The van der Waals surface area contributed by atoms with Gasteiger partial charge in [-0.3, -0.25) is 4.98 Å². The first-order valence-corrected chi connectivity index (χ1v) is 10.6. The molecule has 0 atom stereocenters. The first kappa shape index (κ1) is 17.3. The Morgan fingerprint density at radius 3 is 2.25 bits per heavy atom. The highest BCUT2D eigenvalue weighted by atomic mass is 16.3. The van der Waals surface area contributed by atoms with Crippen molar-refractivity contribution in [2.24, 2.45) is 0 Å². The lowest BCUT2D eigenvalue weighted by Gasteiger charge is -2.05. The summed E-state index contributed by atoms with van der Waals surface area (Å²) in [6, 6.07) is 33.1. The highest BCUT2D eigenvalue weighted by Crippen LogP contribution is 2.40. The average Bonchev–Trinajstić information content (AvgIpc) is 3.42. The molecule has 0 aliphatic heterocycles. The van der Waals surface area contributed by atoms with E-state index in [1.54, 1.807) is 0 Å². The molecule has 3 aromatic heterocycles. The second-order valence-corrected chi connectivity index (χ2v) is 8.02. The molecule has 4 aromatic carbocycles. The minimum Gasteiger partial charge on any atom is -0.456 e. The van der Waals surface area contributed by atoms with Crippen molar-refractivity contribution in [2.75, 3.05) is 0 Å². The molecule has 3 heteroatoms. The van der Waals surface area contributed by atoms with Gasteiger partial charge in [0.05, 0.1) is 11.1 Å². The lowest BCUT2D eigenvalue weighted by molar-refractivity contribution is 0.663. The van der Waals surface area contributed by atoms with Crippen LogP contribution in [-0.4, -0.2) is 4.98 Å². The number of aromatic nitrogens is 1. The van der Waals surface area contributed by atoms with Crippen LogP contribution in [0.3, 0.4) is 0 Å². The summed E-state index contributed by atoms with van der Waals surface area (Å²) in [6.07, 6.45) is 1.86. The lowest BCUT2D eigenvalue weighted by Crippen LogP contribution is -1.85. The Morgan fingerprint density at radius 2 is 1.31 bits per heavy atom. The Hall–Kier alpha value is -4.37. The van der Waals surface area contributed by atoms with Crippen molar-refractivity contribution in [3.05, 3.63) is 103 Å². The first-order valence-electron chi connectivity index (χ1n) is 10.6. The van der Waals surface area contributed by atoms with Gasteiger partial charge in [0, 0.05) is 27.9 Å². The van der Waals surface area contributed by atoms with E-state index in [4.69, 9.17) is 8.83 Å². The quantitative estimate of drug-likeness (QED) is 0.288. The molecule has 0 fully saturated rings. The van der Waals surface area contributed by atoms with Gasteiger partial charge in [-0.05, 0) is 53.6 Å². The van der Waals surface area contributed by atoms with Gasteiger partial charge in [0.2, 0.25) is 0 Å². The zero-order chi connectivity index (χ0) is 21.1. The molecular formula is C29H17NO2.